The minimum atomic E-state index is 0.590. The van der Waals surface area contributed by atoms with Crippen molar-refractivity contribution in [2.45, 2.75) is 13.5 Å². The summed E-state index contributed by atoms with van der Waals surface area (Å²) in [5, 5.41) is 0. The number of anilines is 2. The molecule has 0 atom stereocenters. The molecule has 0 aliphatic carbocycles. The summed E-state index contributed by atoms with van der Waals surface area (Å²) in [6.07, 6.45) is 0. The minimum absolute atomic E-state index is 0.590. The highest BCUT2D eigenvalue weighted by Crippen LogP contribution is 2.50. The van der Waals surface area contributed by atoms with Crippen LogP contribution in [-0.2, 0) is 25.5 Å². The van der Waals surface area contributed by atoms with Crippen molar-refractivity contribution in [2.24, 2.45) is 0 Å². The van der Waals surface area contributed by atoms with Gasteiger partial charge >= 0.3 is 0 Å². The SMILES string of the molecule is CCOCCOCCOCCSC(SCCOC)=C1c2ccccc2N(Cc2ccccc2)c2ccccc21. The number of rotatable bonds is 17. The van der Waals surface area contributed by atoms with Crippen LogP contribution >= 0.6 is 23.5 Å². The first-order chi connectivity index (χ1) is 19.3. The van der Waals surface area contributed by atoms with Crippen molar-refractivity contribution in [2.75, 3.05) is 69.8 Å². The number of hydrogen-bond donors (Lipinski definition) is 0. The second-order valence-electron chi connectivity index (χ2n) is 8.88. The molecule has 0 unspecified atom stereocenters. The lowest BCUT2D eigenvalue weighted by molar-refractivity contribution is 0.0200. The molecule has 3 aromatic rings. The highest BCUT2D eigenvalue weighted by atomic mass is 32.2. The van der Waals surface area contributed by atoms with Crippen LogP contribution in [0, 0.1) is 0 Å². The van der Waals surface area contributed by atoms with Crippen molar-refractivity contribution >= 4 is 40.5 Å². The molecule has 0 spiro atoms. The van der Waals surface area contributed by atoms with Gasteiger partial charge in [0, 0.05) is 64.1 Å². The molecule has 0 aromatic heterocycles. The molecule has 5 nitrogen and oxygen atoms in total. The normalized spacial score (nSPS) is 12.4. The number of para-hydroxylation sites is 2. The summed E-state index contributed by atoms with van der Waals surface area (Å²) >= 11 is 3.74. The lowest BCUT2D eigenvalue weighted by Gasteiger charge is -2.35. The number of methoxy groups -OCH3 is 1. The highest BCUT2D eigenvalue weighted by molar-refractivity contribution is 8.22. The Kier molecular flexibility index (Phi) is 12.8. The maximum atomic E-state index is 5.87. The van der Waals surface area contributed by atoms with Gasteiger partial charge in [0.2, 0.25) is 0 Å². The van der Waals surface area contributed by atoms with Gasteiger partial charge in [-0.15, -0.1) is 23.5 Å². The molecule has 7 heteroatoms. The summed E-state index contributed by atoms with van der Waals surface area (Å²) in [6.45, 7) is 7.34. The summed E-state index contributed by atoms with van der Waals surface area (Å²) in [7, 11) is 1.76. The quantitative estimate of drug-likeness (QED) is 0.160. The first kappa shape index (κ1) is 29.7. The largest absolute Gasteiger partial charge is 0.384 e. The van der Waals surface area contributed by atoms with E-state index in [1.165, 1.54) is 37.9 Å². The first-order valence-electron chi connectivity index (χ1n) is 13.6. The van der Waals surface area contributed by atoms with Crippen LogP contribution in [0.1, 0.15) is 23.6 Å². The lowest BCUT2D eigenvalue weighted by atomic mass is 9.91. The van der Waals surface area contributed by atoms with Crippen molar-refractivity contribution in [3.05, 3.63) is 99.8 Å². The Hall–Kier alpha value is -2.26. The van der Waals surface area contributed by atoms with Crippen LogP contribution in [-0.4, -0.2) is 64.9 Å². The number of hydrogen-bond acceptors (Lipinski definition) is 7. The predicted molar refractivity (Wildman–Crippen MR) is 166 cm³/mol. The maximum absolute atomic E-state index is 5.87. The molecule has 0 radical (unpaired) electrons. The lowest BCUT2D eigenvalue weighted by Crippen LogP contribution is -2.23. The summed E-state index contributed by atoms with van der Waals surface area (Å²) < 4.78 is 23.4. The van der Waals surface area contributed by atoms with Gasteiger partial charge in [-0.25, -0.2) is 0 Å². The highest BCUT2D eigenvalue weighted by Gasteiger charge is 2.28. The standard InChI is InChI=1S/C32H39NO4S2/c1-3-35-17-18-36-19-20-37-22-24-39-32(38-23-21-34-2)31-27-13-7-9-15-29(27)33(25-26-11-5-4-6-12-26)30-16-10-8-14-28(30)31/h4-16H,3,17-25H2,1-2H3. The van der Waals surface area contributed by atoms with Crippen LogP contribution in [0.15, 0.2) is 83.1 Å². The predicted octanol–water partition coefficient (Wildman–Crippen LogP) is 7.24. The molecule has 1 aliphatic heterocycles. The zero-order valence-corrected chi connectivity index (χ0v) is 24.6. The second kappa shape index (κ2) is 16.8. The average molecular weight is 566 g/mol. The van der Waals surface area contributed by atoms with Gasteiger partial charge in [0.05, 0.1) is 39.6 Å². The van der Waals surface area contributed by atoms with E-state index in [9.17, 15) is 0 Å². The van der Waals surface area contributed by atoms with E-state index >= 15 is 0 Å². The smallest absolute Gasteiger partial charge is 0.0701 e. The number of ether oxygens (including phenoxy) is 4. The van der Waals surface area contributed by atoms with Gasteiger partial charge in [0.1, 0.15) is 0 Å². The minimum Gasteiger partial charge on any atom is -0.384 e. The van der Waals surface area contributed by atoms with Crippen LogP contribution in [0.2, 0.25) is 0 Å². The fraction of sp³-hybridized carbons (Fsp3) is 0.375. The number of nitrogens with zero attached hydrogens (tertiary/aromatic N) is 1. The van der Waals surface area contributed by atoms with Gasteiger partial charge in [-0.05, 0) is 24.6 Å². The van der Waals surface area contributed by atoms with E-state index in [4.69, 9.17) is 18.9 Å². The number of benzene rings is 3. The second-order valence-corrected chi connectivity index (χ2v) is 11.3. The average Bonchev–Trinajstić information content (AvgIpc) is 2.98. The van der Waals surface area contributed by atoms with E-state index in [1.54, 1.807) is 7.11 Å². The van der Waals surface area contributed by atoms with Crippen molar-refractivity contribution in [1.29, 1.82) is 0 Å². The Morgan fingerprint density at radius 3 is 1.79 bits per heavy atom. The molecule has 1 aliphatic rings. The van der Waals surface area contributed by atoms with Gasteiger partial charge in [0.25, 0.3) is 0 Å². The molecule has 0 saturated heterocycles. The van der Waals surface area contributed by atoms with E-state index < -0.39 is 0 Å². The van der Waals surface area contributed by atoms with E-state index in [0.717, 1.165) is 24.7 Å². The van der Waals surface area contributed by atoms with Gasteiger partial charge in [0.15, 0.2) is 0 Å². The molecule has 1 heterocycles. The molecular weight excluding hydrogens is 526 g/mol. The van der Waals surface area contributed by atoms with Crippen molar-refractivity contribution < 1.29 is 18.9 Å². The van der Waals surface area contributed by atoms with Gasteiger partial charge in [-0.3, -0.25) is 0 Å². The molecule has 0 fully saturated rings. The van der Waals surface area contributed by atoms with E-state index in [1.807, 2.05) is 30.4 Å². The maximum Gasteiger partial charge on any atom is 0.0701 e. The van der Waals surface area contributed by atoms with E-state index in [2.05, 4.69) is 83.8 Å². The van der Waals surface area contributed by atoms with Crippen molar-refractivity contribution in [1.82, 2.24) is 0 Å². The fourth-order valence-electron chi connectivity index (χ4n) is 4.45. The molecule has 0 N–H and O–H groups in total. The molecular formula is C32H39NO4S2. The van der Waals surface area contributed by atoms with Crippen LogP contribution in [0.4, 0.5) is 11.4 Å². The van der Waals surface area contributed by atoms with Crippen LogP contribution < -0.4 is 4.90 Å². The summed E-state index contributed by atoms with van der Waals surface area (Å²) in [5.41, 5.74) is 7.60. The Bertz CT molecular complexity index is 1120. The third-order valence-electron chi connectivity index (χ3n) is 6.25. The van der Waals surface area contributed by atoms with E-state index in [-0.39, 0.29) is 0 Å². The molecule has 0 amide bonds. The third kappa shape index (κ3) is 8.61. The monoisotopic (exact) mass is 565 g/mol. The zero-order chi connectivity index (χ0) is 27.1. The first-order valence-corrected chi connectivity index (χ1v) is 15.5. The van der Waals surface area contributed by atoms with Crippen LogP contribution in [0.5, 0.6) is 0 Å². The molecule has 3 aromatic carbocycles. The molecule has 208 valence electrons. The summed E-state index contributed by atoms with van der Waals surface area (Å²) in [5.74, 6) is 1.77. The number of fused-ring (bicyclic) bond motifs is 2. The van der Waals surface area contributed by atoms with Crippen molar-refractivity contribution in [3.63, 3.8) is 0 Å². The van der Waals surface area contributed by atoms with Gasteiger partial charge < -0.3 is 23.8 Å². The van der Waals surface area contributed by atoms with Crippen molar-refractivity contribution in [3.8, 4) is 0 Å². The molecule has 0 bridgehead atoms. The van der Waals surface area contributed by atoms with Gasteiger partial charge in [-0.2, -0.15) is 0 Å². The van der Waals surface area contributed by atoms with Gasteiger partial charge in [-0.1, -0.05) is 66.7 Å². The summed E-state index contributed by atoms with van der Waals surface area (Å²) in [4.78, 5) is 2.44. The Labute approximate surface area is 241 Å². The molecule has 4 rings (SSSR count). The Morgan fingerprint density at radius 2 is 1.18 bits per heavy atom. The fourth-order valence-corrected chi connectivity index (χ4v) is 6.84. The van der Waals surface area contributed by atoms with Crippen LogP contribution in [0.25, 0.3) is 5.57 Å². The molecule has 39 heavy (non-hydrogen) atoms. The molecule has 0 saturated carbocycles. The van der Waals surface area contributed by atoms with Crippen LogP contribution in [0.3, 0.4) is 0 Å². The third-order valence-corrected chi connectivity index (χ3v) is 8.63. The summed E-state index contributed by atoms with van der Waals surface area (Å²) in [6, 6.07) is 28.2. The topological polar surface area (TPSA) is 40.2 Å². The number of thioether (sulfide) groups is 2. The zero-order valence-electron chi connectivity index (χ0n) is 23.0. The Balaban J connectivity index is 1.54. The van der Waals surface area contributed by atoms with E-state index in [0.29, 0.717) is 39.6 Å². The Morgan fingerprint density at radius 1 is 0.641 bits per heavy atom.